The van der Waals surface area contributed by atoms with Gasteiger partial charge in [0.1, 0.15) is 0 Å². The molecule has 1 saturated heterocycles. The number of carbonyl (C=O) groups excluding carboxylic acids is 1. The predicted molar refractivity (Wildman–Crippen MR) is 72.2 cm³/mol. The van der Waals surface area contributed by atoms with Crippen LogP contribution >= 0.6 is 12.4 Å². The molecule has 2 rings (SSSR count). The minimum Gasteiger partial charge on any atom is -0.343 e. The standard InChI is InChI=1S/C13H24N2O.ClH/c14-12-6-4-11(5-7-12)10-13(16)15-8-2-1-3-9-15;/h11-12H,1-10,14H2;1H. The molecule has 17 heavy (non-hydrogen) atoms. The van der Waals surface area contributed by atoms with E-state index in [0.717, 1.165) is 45.2 Å². The van der Waals surface area contributed by atoms with E-state index < -0.39 is 0 Å². The molecule has 2 aliphatic rings. The zero-order valence-electron chi connectivity index (χ0n) is 10.6. The van der Waals surface area contributed by atoms with E-state index in [0.29, 0.717) is 17.9 Å². The van der Waals surface area contributed by atoms with Gasteiger partial charge < -0.3 is 10.6 Å². The minimum absolute atomic E-state index is 0. The molecule has 0 aromatic rings. The van der Waals surface area contributed by atoms with Crippen LogP contribution in [0.3, 0.4) is 0 Å². The quantitative estimate of drug-likeness (QED) is 0.828. The fourth-order valence-corrected chi connectivity index (χ4v) is 2.91. The van der Waals surface area contributed by atoms with Crippen LogP contribution in [0.5, 0.6) is 0 Å². The van der Waals surface area contributed by atoms with Gasteiger partial charge in [-0.1, -0.05) is 0 Å². The lowest BCUT2D eigenvalue weighted by Gasteiger charge is -2.30. The number of hydrogen-bond acceptors (Lipinski definition) is 2. The normalized spacial score (nSPS) is 29.6. The molecule has 100 valence electrons. The summed E-state index contributed by atoms with van der Waals surface area (Å²) >= 11 is 0. The Morgan fingerprint density at radius 1 is 1.06 bits per heavy atom. The van der Waals surface area contributed by atoms with Gasteiger partial charge in [-0.05, 0) is 50.9 Å². The van der Waals surface area contributed by atoms with Crippen LogP contribution < -0.4 is 5.73 Å². The Bertz CT molecular complexity index is 234. The Labute approximate surface area is 111 Å². The van der Waals surface area contributed by atoms with Crippen molar-refractivity contribution in [1.29, 1.82) is 0 Å². The summed E-state index contributed by atoms with van der Waals surface area (Å²) in [6.07, 6.45) is 8.98. The van der Waals surface area contributed by atoms with Crippen LogP contribution in [0, 0.1) is 5.92 Å². The minimum atomic E-state index is 0. The summed E-state index contributed by atoms with van der Waals surface area (Å²) in [5, 5.41) is 0. The van der Waals surface area contributed by atoms with Crippen molar-refractivity contribution in [3.8, 4) is 0 Å². The van der Waals surface area contributed by atoms with Crippen LogP contribution in [-0.4, -0.2) is 29.9 Å². The van der Waals surface area contributed by atoms with Gasteiger partial charge in [-0.3, -0.25) is 4.79 Å². The van der Waals surface area contributed by atoms with Crippen LogP contribution in [0.4, 0.5) is 0 Å². The predicted octanol–water partition coefficient (Wildman–Crippen LogP) is 2.33. The molecular weight excluding hydrogens is 236 g/mol. The van der Waals surface area contributed by atoms with E-state index in [4.69, 9.17) is 5.73 Å². The van der Waals surface area contributed by atoms with Gasteiger partial charge >= 0.3 is 0 Å². The highest BCUT2D eigenvalue weighted by Crippen LogP contribution is 2.26. The van der Waals surface area contributed by atoms with Crippen molar-refractivity contribution in [1.82, 2.24) is 4.90 Å². The summed E-state index contributed by atoms with van der Waals surface area (Å²) in [6, 6.07) is 0.390. The Kier molecular flexibility index (Phi) is 6.28. The van der Waals surface area contributed by atoms with Crippen LogP contribution in [0.25, 0.3) is 0 Å². The van der Waals surface area contributed by atoms with Crippen molar-refractivity contribution < 1.29 is 4.79 Å². The number of hydrogen-bond donors (Lipinski definition) is 1. The van der Waals surface area contributed by atoms with Crippen molar-refractivity contribution >= 4 is 18.3 Å². The molecule has 0 unspecified atom stereocenters. The summed E-state index contributed by atoms with van der Waals surface area (Å²) in [6.45, 7) is 1.98. The molecule has 4 heteroatoms. The fraction of sp³-hybridized carbons (Fsp3) is 0.923. The first kappa shape index (κ1) is 14.8. The Balaban J connectivity index is 0.00000144. The van der Waals surface area contributed by atoms with Gasteiger partial charge in [0.25, 0.3) is 0 Å². The Morgan fingerprint density at radius 2 is 1.65 bits per heavy atom. The summed E-state index contributed by atoms with van der Waals surface area (Å²) in [5.74, 6) is 0.995. The van der Waals surface area contributed by atoms with E-state index in [1.54, 1.807) is 0 Å². The largest absolute Gasteiger partial charge is 0.343 e. The molecule has 2 N–H and O–H groups in total. The topological polar surface area (TPSA) is 46.3 Å². The van der Waals surface area contributed by atoms with Crippen LogP contribution in [-0.2, 0) is 4.79 Å². The molecule has 1 aliphatic heterocycles. The van der Waals surface area contributed by atoms with E-state index >= 15 is 0 Å². The monoisotopic (exact) mass is 260 g/mol. The number of carbonyl (C=O) groups is 1. The highest BCUT2D eigenvalue weighted by molar-refractivity contribution is 5.85. The van der Waals surface area contributed by atoms with Crippen LogP contribution in [0.2, 0.25) is 0 Å². The van der Waals surface area contributed by atoms with E-state index in [-0.39, 0.29) is 12.4 Å². The van der Waals surface area contributed by atoms with Gasteiger partial charge in [-0.25, -0.2) is 0 Å². The van der Waals surface area contributed by atoms with Gasteiger partial charge in [-0.2, -0.15) is 0 Å². The van der Waals surface area contributed by atoms with E-state index in [1.807, 2.05) is 0 Å². The van der Waals surface area contributed by atoms with E-state index in [9.17, 15) is 4.79 Å². The smallest absolute Gasteiger partial charge is 0.222 e. The number of likely N-dealkylation sites (tertiary alicyclic amines) is 1. The maximum absolute atomic E-state index is 12.0. The van der Waals surface area contributed by atoms with Crippen molar-refractivity contribution in [2.24, 2.45) is 11.7 Å². The maximum atomic E-state index is 12.0. The third kappa shape index (κ3) is 4.47. The van der Waals surface area contributed by atoms with E-state index in [2.05, 4.69) is 4.90 Å². The first-order valence-corrected chi connectivity index (χ1v) is 6.79. The van der Waals surface area contributed by atoms with Crippen molar-refractivity contribution in [3.05, 3.63) is 0 Å². The molecule has 2 fully saturated rings. The third-order valence-corrected chi connectivity index (χ3v) is 4.06. The highest BCUT2D eigenvalue weighted by atomic mass is 35.5. The van der Waals surface area contributed by atoms with Gasteiger partial charge in [0.2, 0.25) is 5.91 Å². The highest BCUT2D eigenvalue weighted by Gasteiger charge is 2.24. The molecule has 1 aliphatic carbocycles. The molecule has 0 spiro atoms. The molecule has 1 saturated carbocycles. The number of amides is 1. The number of nitrogens with zero attached hydrogens (tertiary/aromatic N) is 1. The lowest BCUT2D eigenvalue weighted by Crippen LogP contribution is -2.37. The average Bonchev–Trinajstić information content (AvgIpc) is 2.33. The Hall–Kier alpha value is -0.280. The molecule has 1 amide bonds. The zero-order chi connectivity index (χ0) is 11.4. The molecule has 1 heterocycles. The number of rotatable bonds is 2. The zero-order valence-corrected chi connectivity index (χ0v) is 11.4. The fourth-order valence-electron chi connectivity index (χ4n) is 2.91. The summed E-state index contributed by atoms with van der Waals surface area (Å²) in [7, 11) is 0. The second kappa shape index (κ2) is 7.22. The molecule has 0 bridgehead atoms. The second-order valence-corrected chi connectivity index (χ2v) is 5.43. The first-order valence-electron chi connectivity index (χ1n) is 6.79. The second-order valence-electron chi connectivity index (χ2n) is 5.43. The third-order valence-electron chi connectivity index (χ3n) is 4.06. The maximum Gasteiger partial charge on any atom is 0.222 e. The molecule has 0 radical (unpaired) electrons. The van der Waals surface area contributed by atoms with Crippen molar-refractivity contribution in [3.63, 3.8) is 0 Å². The lowest BCUT2D eigenvalue weighted by atomic mass is 9.84. The van der Waals surface area contributed by atoms with E-state index in [1.165, 1.54) is 19.3 Å². The number of piperidine rings is 1. The average molecular weight is 261 g/mol. The summed E-state index contributed by atoms with van der Waals surface area (Å²) < 4.78 is 0. The van der Waals surface area contributed by atoms with Gasteiger partial charge in [-0.15, -0.1) is 12.4 Å². The van der Waals surface area contributed by atoms with Gasteiger partial charge in [0.05, 0.1) is 0 Å². The molecule has 0 aromatic carbocycles. The lowest BCUT2D eigenvalue weighted by molar-refractivity contribution is -0.133. The SMILES string of the molecule is Cl.NC1CCC(CC(=O)N2CCCCC2)CC1. The van der Waals surface area contributed by atoms with Gasteiger partial charge in [0, 0.05) is 25.6 Å². The summed E-state index contributed by atoms with van der Waals surface area (Å²) in [5.41, 5.74) is 5.88. The molecule has 0 aromatic heterocycles. The van der Waals surface area contributed by atoms with Crippen LogP contribution in [0.1, 0.15) is 51.4 Å². The number of nitrogens with two attached hydrogens (primary N) is 1. The van der Waals surface area contributed by atoms with Crippen molar-refractivity contribution in [2.45, 2.75) is 57.4 Å². The van der Waals surface area contributed by atoms with Gasteiger partial charge in [0.15, 0.2) is 0 Å². The van der Waals surface area contributed by atoms with Crippen LogP contribution in [0.15, 0.2) is 0 Å². The molecular formula is C13H25ClN2O. The Morgan fingerprint density at radius 3 is 2.24 bits per heavy atom. The number of halogens is 1. The molecule has 3 nitrogen and oxygen atoms in total. The molecule has 0 atom stereocenters. The summed E-state index contributed by atoms with van der Waals surface area (Å²) in [4.78, 5) is 14.1. The first-order chi connectivity index (χ1) is 7.75. The van der Waals surface area contributed by atoms with Crippen molar-refractivity contribution in [2.75, 3.05) is 13.1 Å².